The number of aromatic hydroxyl groups is 1. The molecule has 0 radical (unpaired) electrons. The fourth-order valence-electron chi connectivity index (χ4n) is 5.32. The smallest absolute Gasteiger partial charge is 0.128 e. The molecule has 0 aliphatic heterocycles. The number of phenols is 1. The van der Waals surface area contributed by atoms with Gasteiger partial charge in [0.1, 0.15) is 17.2 Å². The molecular formula is C41H48N2O3. The Kier molecular flexibility index (Phi) is 14.7. The fourth-order valence-corrected chi connectivity index (χ4v) is 5.32. The van der Waals surface area contributed by atoms with Gasteiger partial charge in [-0.15, -0.1) is 0 Å². The predicted molar refractivity (Wildman–Crippen MR) is 190 cm³/mol. The predicted octanol–water partition coefficient (Wildman–Crippen LogP) is 11.0. The Bertz CT molecular complexity index is 1500. The Morgan fingerprint density at radius 1 is 0.652 bits per heavy atom. The molecule has 4 aromatic rings. The van der Waals surface area contributed by atoms with Gasteiger partial charge in [0.2, 0.25) is 0 Å². The van der Waals surface area contributed by atoms with Crippen LogP contribution in [0.5, 0.6) is 17.2 Å². The van der Waals surface area contributed by atoms with Gasteiger partial charge in [-0.3, -0.25) is 4.99 Å². The Labute approximate surface area is 275 Å². The highest BCUT2D eigenvalue weighted by molar-refractivity contribution is 5.85. The minimum absolute atomic E-state index is 0.158. The molecular weight excluding hydrogens is 568 g/mol. The number of benzene rings is 4. The van der Waals surface area contributed by atoms with Crippen LogP contribution in [0.3, 0.4) is 0 Å². The number of nitrogens with zero attached hydrogens (tertiary/aromatic N) is 2. The van der Waals surface area contributed by atoms with Gasteiger partial charge in [-0.25, -0.2) is 0 Å². The van der Waals surface area contributed by atoms with Crippen molar-refractivity contribution in [1.29, 1.82) is 5.26 Å². The van der Waals surface area contributed by atoms with E-state index in [9.17, 15) is 5.11 Å². The van der Waals surface area contributed by atoms with Crippen LogP contribution in [0.4, 0.5) is 5.69 Å². The molecule has 0 spiro atoms. The van der Waals surface area contributed by atoms with Crippen LogP contribution in [0.2, 0.25) is 0 Å². The van der Waals surface area contributed by atoms with Crippen molar-refractivity contribution in [3.05, 3.63) is 108 Å². The molecule has 5 nitrogen and oxygen atoms in total. The van der Waals surface area contributed by atoms with Crippen LogP contribution in [0.1, 0.15) is 94.2 Å². The van der Waals surface area contributed by atoms with Gasteiger partial charge < -0.3 is 14.6 Å². The summed E-state index contributed by atoms with van der Waals surface area (Å²) < 4.78 is 11.8. The summed E-state index contributed by atoms with van der Waals surface area (Å²) in [5, 5.41) is 19.5. The highest BCUT2D eigenvalue weighted by Gasteiger charge is 2.04. The van der Waals surface area contributed by atoms with Crippen molar-refractivity contribution in [2.24, 2.45) is 4.99 Å². The Morgan fingerprint density at radius 2 is 1.22 bits per heavy atom. The zero-order valence-electron chi connectivity index (χ0n) is 27.3. The van der Waals surface area contributed by atoms with Gasteiger partial charge in [0.25, 0.3) is 0 Å². The molecule has 240 valence electrons. The molecule has 0 aliphatic rings. The van der Waals surface area contributed by atoms with Crippen molar-refractivity contribution < 1.29 is 14.6 Å². The van der Waals surface area contributed by atoms with E-state index in [0.29, 0.717) is 30.1 Å². The molecule has 0 aromatic heterocycles. The van der Waals surface area contributed by atoms with E-state index in [1.165, 1.54) is 56.9 Å². The van der Waals surface area contributed by atoms with Crippen LogP contribution in [-0.2, 0) is 6.42 Å². The van der Waals surface area contributed by atoms with Crippen molar-refractivity contribution in [2.75, 3.05) is 13.2 Å². The fraction of sp³-hybridized carbons (Fsp3) is 0.366. The van der Waals surface area contributed by atoms with Gasteiger partial charge in [-0.1, -0.05) is 88.3 Å². The molecule has 0 aliphatic carbocycles. The topological polar surface area (TPSA) is 74.8 Å². The highest BCUT2D eigenvalue weighted by Crippen LogP contribution is 2.25. The van der Waals surface area contributed by atoms with Crippen LogP contribution in [0, 0.1) is 11.3 Å². The Balaban J connectivity index is 1.08. The quantitative estimate of drug-likeness (QED) is 0.0792. The SMILES string of the molecule is CCCCCCCCCCc1ccc(N=Cc2ccc(OCCCCCOc3ccc(-c4ccc(C#N)cc4)cc3)cc2O)cc1. The van der Waals surface area contributed by atoms with E-state index in [1.807, 2.05) is 72.8 Å². The molecule has 0 atom stereocenters. The first-order valence-corrected chi connectivity index (χ1v) is 17.0. The molecule has 0 unspecified atom stereocenters. The second-order valence-electron chi connectivity index (χ2n) is 11.8. The number of ether oxygens (including phenoxy) is 2. The van der Waals surface area contributed by atoms with E-state index in [-0.39, 0.29) is 5.75 Å². The van der Waals surface area contributed by atoms with Gasteiger partial charge in [0, 0.05) is 17.8 Å². The number of aryl methyl sites for hydroxylation is 1. The lowest BCUT2D eigenvalue weighted by molar-refractivity contribution is 0.279. The van der Waals surface area contributed by atoms with Crippen LogP contribution in [-0.4, -0.2) is 24.5 Å². The van der Waals surface area contributed by atoms with E-state index in [0.717, 1.165) is 48.2 Å². The number of hydrogen-bond donors (Lipinski definition) is 1. The molecule has 0 fully saturated rings. The van der Waals surface area contributed by atoms with E-state index in [2.05, 4.69) is 30.1 Å². The van der Waals surface area contributed by atoms with E-state index < -0.39 is 0 Å². The monoisotopic (exact) mass is 616 g/mol. The second-order valence-corrected chi connectivity index (χ2v) is 11.8. The molecule has 5 heteroatoms. The maximum Gasteiger partial charge on any atom is 0.128 e. The summed E-state index contributed by atoms with van der Waals surface area (Å²) in [4.78, 5) is 4.56. The first-order valence-electron chi connectivity index (χ1n) is 17.0. The summed E-state index contributed by atoms with van der Waals surface area (Å²) in [6, 6.07) is 31.5. The standard InChI is InChI=1S/C41H48N2O3/c1-2-3-4-5-6-7-8-10-13-33-16-23-38(24-17-33)43-32-37-22-27-40(30-41(37)44)46-29-12-9-11-28-45-39-25-20-36(21-26-39)35-18-14-34(31-42)15-19-35/h14-27,30,32,44H,2-13,28-29H2,1H3. The molecule has 0 saturated heterocycles. The van der Waals surface area contributed by atoms with Gasteiger partial charge in [0.05, 0.1) is 30.5 Å². The number of nitriles is 1. The molecule has 0 saturated carbocycles. The van der Waals surface area contributed by atoms with Gasteiger partial charge in [-0.2, -0.15) is 5.26 Å². The molecule has 0 amide bonds. The summed E-state index contributed by atoms with van der Waals surface area (Å²) in [7, 11) is 0. The van der Waals surface area contributed by atoms with Crippen LogP contribution < -0.4 is 9.47 Å². The number of rotatable bonds is 20. The zero-order chi connectivity index (χ0) is 32.2. The van der Waals surface area contributed by atoms with Crippen molar-refractivity contribution in [3.8, 4) is 34.4 Å². The summed E-state index contributed by atoms with van der Waals surface area (Å²) >= 11 is 0. The van der Waals surface area contributed by atoms with Gasteiger partial charge >= 0.3 is 0 Å². The molecule has 1 N–H and O–H groups in total. The lowest BCUT2D eigenvalue weighted by Crippen LogP contribution is -2.01. The second kappa shape index (κ2) is 19.7. The van der Waals surface area contributed by atoms with Gasteiger partial charge in [0.15, 0.2) is 0 Å². The summed E-state index contributed by atoms with van der Waals surface area (Å²) in [5.74, 6) is 1.66. The number of unbranched alkanes of at least 4 members (excludes halogenated alkanes) is 9. The average Bonchev–Trinajstić information content (AvgIpc) is 3.09. The molecule has 4 aromatic carbocycles. The van der Waals surface area contributed by atoms with E-state index in [1.54, 1.807) is 12.3 Å². The third-order valence-electron chi connectivity index (χ3n) is 8.14. The lowest BCUT2D eigenvalue weighted by atomic mass is 10.0. The maximum absolute atomic E-state index is 10.5. The lowest BCUT2D eigenvalue weighted by Gasteiger charge is -2.09. The molecule has 4 rings (SSSR count). The van der Waals surface area contributed by atoms with Gasteiger partial charge in [-0.05, 0) is 97.3 Å². The largest absolute Gasteiger partial charge is 0.507 e. The number of hydrogen-bond acceptors (Lipinski definition) is 5. The van der Waals surface area contributed by atoms with Crippen LogP contribution >= 0.6 is 0 Å². The van der Waals surface area contributed by atoms with Crippen molar-refractivity contribution >= 4 is 11.9 Å². The maximum atomic E-state index is 10.5. The van der Waals surface area contributed by atoms with Crippen molar-refractivity contribution in [2.45, 2.75) is 84.0 Å². The van der Waals surface area contributed by atoms with Crippen LogP contribution in [0.25, 0.3) is 11.1 Å². The molecule has 46 heavy (non-hydrogen) atoms. The third kappa shape index (κ3) is 12.1. The minimum Gasteiger partial charge on any atom is -0.507 e. The molecule has 0 heterocycles. The van der Waals surface area contributed by atoms with Crippen molar-refractivity contribution in [1.82, 2.24) is 0 Å². The third-order valence-corrected chi connectivity index (χ3v) is 8.14. The number of aliphatic imine (C=N–C) groups is 1. The first-order chi connectivity index (χ1) is 22.6. The number of phenolic OH excluding ortho intramolecular Hbond substituents is 1. The highest BCUT2D eigenvalue weighted by atomic mass is 16.5. The minimum atomic E-state index is 0.158. The summed E-state index contributed by atoms with van der Waals surface area (Å²) in [6.45, 7) is 3.49. The normalized spacial score (nSPS) is 11.0. The average molecular weight is 617 g/mol. The summed E-state index contributed by atoms with van der Waals surface area (Å²) in [6.07, 6.45) is 16.3. The van der Waals surface area contributed by atoms with Crippen molar-refractivity contribution in [3.63, 3.8) is 0 Å². The zero-order valence-corrected chi connectivity index (χ0v) is 27.3. The van der Waals surface area contributed by atoms with E-state index in [4.69, 9.17) is 14.7 Å². The van der Waals surface area contributed by atoms with E-state index >= 15 is 0 Å². The summed E-state index contributed by atoms with van der Waals surface area (Å²) in [5.41, 5.74) is 5.72. The Morgan fingerprint density at radius 3 is 1.85 bits per heavy atom. The first kappa shape index (κ1) is 34.3. The van der Waals surface area contributed by atoms with Crippen LogP contribution in [0.15, 0.2) is 96.0 Å². The molecule has 0 bridgehead atoms. The Hall–Kier alpha value is -4.56.